The van der Waals surface area contributed by atoms with Gasteiger partial charge in [0, 0.05) is 11.3 Å². The number of carbonyl (C=O) groups excluding carboxylic acids is 1. The van der Waals surface area contributed by atoms with Crippen LogP contribution in [0, 0.1) is 5.82 Å². The molecule has 0 unspecified atom stereocenters. The Bertz CT molecular complexity index is 807. The van der Waals surface area contributed by atoms with Crippen molar-refractivity contribution in [3.63, 3.8) is 0 Å². The lowest BCUT2D eigenvalue weighted by atomic mass is 10.1. The second kappa shape index (κ2) is 7.73. The summed E-state index contributed by atoms with van der Waals surface area (Å²) in [5, 5.41) is 9.47. The molecular weight excluding hydrogens is 361 g/mol. The van der Waals surface area contributed by atoms with Crippen molar-refractivity contribution < 1.29 is 27.4 Å². The average Bonchev–Trinajstić information content (AvgIpc) is 2.46. The molecule has 0 aliphatic heterocycles. The zero-order valence-corrected chi connectivity index (χ0v) is 16.8. The van der Waals surface area contributed by atoms with E-state index in [4.69, 9.17) is 4.74 Å². The highest BCUT2D eigenvalue weighted by atomic mass is 32.2. The Hall–Kier alpha value is -1.96. The van der Waals surface area contributed by atoms with Gasteiger partial charge in [-0.3, -0.25) is 0 Å². The Morgan fingerprint density at radius 2 is 1.81 bits per heavy atom. The lowest BCUT2D eigenvalue weighted by Gasteiger charge is -2.27. The maximum atomic E-state index is 13.9. The molecule has 146 valence electrons. The number of phenols is 1. The fourth-order valence-electron chi connectivity index (χ4n) is 2.27. The highest BCUT2D eigenvalue weighted by molar-refractivity contribution is 7.92. The number of ether oxygens (including phenoxy) is 1. The van der Waals surface area contributed by atoms with Gasteiger partial charge >= 0.3 is 6.09 Å². The van der Waals surface area contributed by atoms with Crippen LogP contribution in [0.4, 0.5) is 9.18 Å². The molecule has 0 saturated heterocycles. The molecule has 6 nitrogen and oxygen atoms in total. The fourth-order valence-corrected chi connectivity index (χ4v) is 3.81. The molecule has 26 heavy (non-hydrogen) atoms. The molecule has 0 radical (unpaired) electrons. The first-order chi connectivity index (χ1) is 11.7. The summed E-state index contributed by atoms with van der Waals surface area (Å²) < 4.78 is 43.2. The minimum atomic E-state index is -3.94. The molecule has 1 N–H and O–H groups in total. The van der Waals surface area contributed by atoms with Crippen LogP contribution in [0.3, 0.4) is 0 Å². The monoisotopic (exact) mass is 387 g/mol. The highest BCUT2D eigenvalue weighted by Gasteiger charge is 2.39. The summed E-state index contributed by atoms with van der Waals surface area (Å²) >= 11 is 0. The standard InChI is InChI=1S/C18H26FNO5S/c1-7-15(20-16(22)25-17(2,3)4)18(5,6)26(23,24)11-12-10-13(21)8-9-14(12)19/h8-10,21H,7,11H2,1-6H3. The number of carbonyl (C=O) groups is 1. The molecule has 0 spiro atoms. The summed E-state index contributed by atoms with van der Waals surface area (Å²) in [5.74, 6) is -1.59. The van der Waals surface area contributed by atoms with Crippen LogP contribution in [-0.4, -0.2) is 35.7 Å². The van der Waals surface area contributed by atoms with Crippen molar-refractivity contribution in [2.45, 2.75) is 64.1 Å². The topological polar surface area (TPSA) is 93.0 Å². The third-order valence-corrected chi connectivity index (χ3v) is 6.28. The molecule has 1 rings (SSSR count). The number of sulfone groups is 1. The van der Waals surface area contributed by atoms with E-state index in [-0.39, 0.29) is 23.4 Å². The third kappa shape index (κ3) is 5.52. The number of halogens is 1. The first kappa shape index (κ1) is 22.1. The predicted octanol–water partition coefficient (Wildman–Crippen LogP) is 4.01. The summed E-state index contributed by atoms with van der Waals surface area (Å²) in [7, 11) is -3.94. The first-order valence-electron chi connectivity index (χ1n) is 8.20. The molecule has 1 aromatic carbocycles. The van der Waals surface area contributed by atoms with E-state index in [0.29, 0.717) is 0 Å². The van der Waals surface area contributed by atoms with E-state index in [2.05, 4.69) is 4.99 Å². The Labute approximate surface area is 154 Å². The van der Waals surface area contributed by atoms with Crippen molar-refractivity contribution in [3.05, 3.63) is 29.6 Å². The molecule has 1 aromatic rings. The lowest BCUT2D eigenvalue weighted by Crippen LogP contribution is -2.42. The zero-order chi connectivity index (χ0) is 20.3. The van der Waals surface area contributed by atoms with Crippen molar-refractivity contribution in [1.29, 1.82) is 0 Å². The molecular formula is C18H26FNO5S. The minimum Gasteiger partial charge on any atom is -0.508 e. The molecule has 1 amide bonds. The molecule has 0 fully saturated rings. The van der Waals surface area contributed by atoms with Crippen LogP contribution in [0.15, 0.2) is 23.2 Å². The summed E-state index contributed by atoms with van der Waals surface area (Å²) in [6, 6.07) is 3.21. The summed E-state index contributed by atoms with van der Waals surface area (Å²) in [4.78, 5) is 15.8. The van der Waals surface area contributed by atoms with Crippen molar-refractivity contribution in [3.8, 4) is 5.75 Å². The Balaban J connectivity index is 3.22. The second-order valence-electron chi connectivity index (χ2n) is 7.44. The second-order valence-corrected chi connectivity index (χ2v) is 9.98. The molecule has 0 heterocycles. The molecule has 0 aliphatic rings. The van der Waals surface area contributed by atoms with E-state index in [1.54, 1.807) is 27.7 Å². The van der Waals surface area contributed by atoms with E-state index in [1.807, 2.05) is 0 Å². The van der Waals surface area contributed by atoms with Crippen molar-refractivity contribution in [2.24, 2.45) is 4.99 Å². The van der Waals surface area contributed by atoms with Crippen molar-refractivity contribution in [2.75, 3.05) is 0 Å². The van der Waals surface area contributed by atoms with E-state index in [0.717, 1.165) is 18.2 Å². The molecule has 8 heteroatoms. The first-order valence-corrected chi connectivity index (χ1v) is 9.85. The van der Waals surface area contributed by atoms with Gasteiger partial charge < -0.3 is 9.84 Å². The van der Waals surface area contributed by atoms with Crippen LogP contribution < -0.4 is 0 Å². The number of benzene rings is 1. The number of aromatic hydroxyl groups is 1. The molecule has 0 aromatic heterocycles. The van der Waals surface area contributed by atoms with Gasteiger partial charge in [0.25, 0.3) is 0 Å². The average molecular weight is 387 g/mol. The van der Waals surface area contributed by atoms with Crippen LogP contribution in [0.25, 0.3) is 0 Å². The van der Waals surface area contributed by atoms with Gasteiger partial charge in [0.05, 0.1) is 5.75 Å². The Morgan fingerprint density at radius 3 is 2.31 bits per heavy atom. The quantitative estimate of drug-likeness (QED) is 0.771. The Morgan fingerprint density at radius 1 is 1.23 bits per heavy atom. The summed E-state index contributed by atoms with van der Waals surface area (Å²) in [6.07, 6.45) is -0.672. The normalized spacial score (nSPS) is 13.6. The molecule has 0 aliphatic carbocycles. The van der Waals surface area contributed by atoms with Gasteiger partial charge in [0.15, 0.2) is 9.84 Å². The molecule has 0 bridgehead atoms. The maximum Gasteiger partial charge on any atom is 0.434 e. The number of aliphatic imine (C=N–C) groups is 1. The van der Waals surface area contributed by atoms with Gasteiger partial charge in [-0.1, -0.05) is 6.92 Å². The van der Waals surface area contributed by atoms with Crippen LogP contribution in [0.5, 0.6) is 5.75 Å². The number of phenolic OH excluding ortho intramolecular Hbond substituents is 1. The largest absolute Gasteiger partial charge is 0.508 e. The highest BCUT2D eigenvalue weighted by Crippen LogP contribution is 2.27. The number of hydrogen-bond donors (Lipinski definition) is 1. The third-order valence-electron chi connectivity index (χ3n) is 3.80. The van der Waals surface area contributed by atoms with Gasteiger partial charge in [-0.05, 0) is 59.2 Å². The van der Waals surface area contributed by atoms with E-state index < -0.39 is 37.8 Å². The smallest absolute Gasteiger partial charge is 0.434 e. The van der Waals surface area contributed by atoms with Gasteiger partial charge in [0.1, 0.15) is 21.9 Å². The minimum absolute atomic E-state index is 0.118. The van der Waals surface area contributed by atoms with Gasteiger partial charge in [-0.15, -0.1) is 0 Å². The fraction of sp³-hybridized carbons (Fsp3) is 0.556. The zero-order valence-electron chi connectivity index (χ0n) is 16.0. The van der Waals surface area contributed by atoms with Crippen LogP contribution >= 0.6 is 0 Å². The Kier molecular flexibility index (Phi) is 6.57. The molecule has 0 saturated carbocycles. The molecule has 0 atom stereocenters. The summed E-state index contributed by atoms with van der Waals surface area (Å²) in [6.45, 7) is 9.54. The van der Waals surface area contributed by atoms with Crippen LogP contribution in [0.2, 0.25) is 0 Å². The van der Waals surface area contributed by atoms with Crippen LogP contribution in [0.1, 0.15) is 53.5 Å². The predicted molar refractivity (Wildman–Crippen MR) is 98.7 cm³/mol. The van der Waals surface area contributed by atoms with Crippen molar-refractivity contribution >= 4 is 21.6 Å². The van der Waals surface area contributed by atoms with Gasteiger partial charge in [-0.25, -0.2) is 17.6 Å². The van der Waals surface area contributed by atoms with E-state index in [9.17, 15) is 22.7 Å². The number of rotatable bonds is 5. The number of nitrogens with zero attached hydrogens (tertiary/aromatic N) is 1. The lowest BCUT2D eigenvalue weighted by molar-refractivity contribution is 0.0603. The van der Waals surface area contributed by atoms with Crippen molar-refractivity contribution in [1.82, 2.24) is 0 Å². The van der Waals surface area contributed by atoms with Gasteiger partial charge in [-0.2, -0.15) is 4.99 Å². The SMILES string of the molecule is CCC(=NC(=O)OC(C)(C)C)C(C)(C)S(=O)(=O)Cc1cc(O)ccc1F. The van der Waals surface area contributed by atoms with Gasteiger partial charge in [0.2, 0.25) is 0 Å². The summed E-state index contributed by atoms with van der Waals surface area (Å²) in [5.41, 5.74) is -0.786. The number of hydrogen-bond acceptors (Lipinski definition) is 5. The van der Waals surface area contributed by atoms with E-state index >= 15 is 0 Å². The number of amides is 1. The van der Waals surface area contributed by atoms with Crippen LogP contribution in [-0.2, 0) is 20.3 Å². The van der Waals surface area contributed by atoms with E-state index in [1.165, 1.54) is 13.8 Å². The maximum absolute atomic E-state index is 13.9.